The highest BCUT2D eigenvalue weighted by molar-refractivity contribution is 5.88. The Morgan fingerprint density at radius 3 is 2.46 bits per heavy atom. The summed E-state index contributed by atoms with van der Waals surface area (Å²) in [5.41, 5.74) is 4.35. The summed E-state index contributed by atoms with van der Waals surface area (Å²) >= 11 is 0. The summed E-state index contributed by atoms with van der Waals surface area (Å²) in [5.74, 6) is 0.708. The van der Waals surface area contributed by atoms with Crippen molar-refractivity contribution in [3.63, 3.8) is 0 Å². The predicted molar refractivity (Wildman–Crippen MR) is 142 cm³/mol. The fraction of sp³-hybridized carbons (Fsp3) is 0.286. The van der Waals surface area contributed by atoms with Crippen molar-refractivity contribution in [2.45, 2.75) is 46.8 Å². The molecule has 5 aromatic rings. The van der Waals surface area contributed by atoms with Crippen LogP contribution in [0.4, 0.5) is 10.1 Å². The number of carbonyl (C=O) groups is 1. The highest BCUT2D eigenvalue weighted by Crippen LogP contribution is 2.22. The van der Waals surface area contributed by atoms with Crippen LogP contribution in [-0.4, -0.2) is 29.6 Å². The minimum Gasteiger partial charge on any atom is -0.326 e. The molecule has 3 aromatic heterocycles. The third-order valence-corrected chi connectivity index (χ3v) is 6.46. The van der Waals surface area contributed by atoms with Gasteiger partial charge in [-0.25, -0.2) is 14.2 Å². The fourth-order valence-electron chi connectivity index (χ4n) is 4.60. The number of benzene rings is 2. The van der Waals surface area contributed by atoms with Crippen LogP contribution in [0.15, 0.2) is 65.7 Å². The van der Waals surface area contributed by atoms with Crippen molar-refractivity contribution in [2.24, 2.45) is 5.92 Å². The topological polar surface area (TPSA) is 86.7 Å². The lowest BCUT2D eigenvalue weighted by Crippen LogP contribution is -2.26. The number of aryl methyl sites for hydroxylation is 1. The first-order valence-electron chi connectivity index (χ1n) is 12.3. The Balaban J connectivity index is 1.54. The maximum absolute atomic E-state index is 14.0. The molecular formula is C28H29FN6O2. The second-order valence-electron chi connectivity index (χ2n) is 9.69. The maximum Gasteiger partial charge on any atom is 0.329 e. The lowest BCUT2D eigenvalue weighted by molar-refractivity contribution is -0.114. The number of anilines is 1. The van der Waals surface area contributed by atoms with Gasteiger partial charge in [-0.05, 0) is 48.2 Å². The minimum atomic E-state index is -0.338. The van der Waals surface area contributed by atoms with Gasteiger partial charge in [0.05, 0.1) is 41.4 Å². The summed E-state index contributed by atoms with van der Waals surface area (Å²) in [5, 5.41) is 2.75. The van der Waals surface area contributed by atoms with Gasteiger partial charge in [0, 0.05) is 31.4 Å². The van der Waals surface area contributed by atoms with Crippen molar-refractivity contribution >= 4 is 33.7 Å². The molecule has 0 bridgehead atoms. The van der Waals surface area contributed by atoms with Crippen molar-refractivity contribution in [3.8, 4) is 0 Å². The number of carbonyl (C=O) groups excluding carboxylic acids is 1. The first kappa shape index (κ1) is 24.4. The van der Waals surface area contributed by atoms with Crippen molar-refractivity contribution < 1.29 is 9.18 Å². The lowest BCUT2D eigenvalue weighted by atomic mass is 10.1. The summed E-state index contributed by atoms with van der Waals surface area (Å²) in [4.78, 5) is 34.0. The summed E-state index contributed by atoms with van der Waals surface area (Å²) in [7, 11) is 0. The second-order valence-corrected chi connectivity index (χ2v) is 9.69. The molecule has 0 unspecified atom stereocenters. The lowest BCUT2D eigenvalue weighted by Gasteiger charge is -2.11. The van der Waals surface area contributed by atoms with E-state index in [0.717, 1.165) is 29.6 Å². The number of rotatable bonds is 8. The molecule has 0 spiro atoms. The van der Waals surface area contributed by atoms with Crippen LogP contribution >= 0.6 is 0 Å². The van der Waals surface area contributed by atoms with Crippen molar-refractivity contribution in [2.75, 3.05) is 5.32 Å². The van der Waals surface area contributed by atoms with Crippen molar-refractivity contribution in [3.05, 3.63) is 88.6 Å². The Morgan fingerprint density at radius 2 is 1.73 bits per heavy atom. The SMILES string of the molecule is CC(=O)Nc1ccc(Cn2c(=O)n(Cc3nc4cc(F)ccc4n3CCC(C)C)c3cnccc32)cc1. The molecule has 9 heteroatoms. The van der Waals surface area contributed by atoms with E-state index in [1.54, 1.807) is 27.6 Å². The van der Waals surface area contributed by atoms with E-state index < -0.39 is 0 Å². The van der Waals surface area contributed by atoms with Gasteiger partial charge in [0.15, 0.2) is 0 Å². The zero-order valence-corrected chi connectivity index (χ0v) is 21.1. The predicted octanol–water partition coefficient (Wildman–Crippen LogP) is 4.79. The molecule has 1 amide bonds. The van der Waals surface area contributed by atoms with E-state index >= 15 is 0 Å². The van der Waals surface area contributed by atoms with Crippen LogP contribution in [0, 0.1) is 11.7 Å². The number of aromatic nitrogens is 5. The highest BCUT2D eigenvalue weighted by atomic mass is 19.1. The Hall–Kier alpha value is -4.27. The Morgan fingerprint density at radius 1 is 0.973 bits per heavy atom. The molecule has 0 saturated heterocycles. The molecule has 1 N–H and O–H groups in total. The molecule has 190 valence electrons. The third-order valence-electron chi connectivity index (χ3n) is 6.46. The van der Waals surface area contributed by atoms with Gasteiger partial charge in [0.25, 0.3) is 0 Å². The molecule has 0 fully saturated rings. The van der Waals surface area contributed by atoms with Gasteiger partial charge < -0.3 is 9.88 Å². The standard InChI is InChI=1S/C28H29FN6O2/c1-18(2)11-13-33-24-9-6-21(29)14-23(24)32-27(33)17-35-26-15-30-12-10-25(26)34(28(35)37)16-20-4-7-22(8-5-20)31-19(3)36/h4-10,12,14-15,18H,11,13,16-17H2,1-3H3,(H,31,36). The normalized spacial score (nSPS) is 11.6. The average molecular weight is 501 g/mol. The number of nitrogens with one attached hydrogen (secondary N) is 1. The highest BCUT2D eigenvalue weighted by Gasteiger charge is 2.18. The Bertz CT molecular complexity index is 1650. The van der Waals surface area contributed by atoms with Crippen molar-refractivity contribution in [1.82, 2.24) is 23.7 Å². The first-order chi connectivity index (χ1) is 17.8. The van der Waals surface area contributed by atoms with Gasteiger partial charge in [-0.15, -0.1) is 0 Å². The van der Waals surface area contributed by atoms with Crippen LogP contribution in [0.25, 0.3) is 22.1 Å². The molecule has 0 aliphatic heterocycles. The molecule has 0 atom stereocenters. The van der Waals surface area contributed by atoms with E-state index in [0.29, 0.717) is 35.0 Å². The summed E-state index contributed by atoms with van der Waals surface area (Å²) in [6.45, 7) is 7.10. The Labute approximate surface area is 213 Å². The van der Waals surface area contributed by atoms with E-state index in [2.05, 4.69) is 28.7 Å². The van der Waals surface area contributed by atoms with Gasteiger partial charge in [0.1, 0.15) is 11.6 Å². The van der Waals surface area contributed by atoms with Gasteiger partial charge in [-0.3, -0.25) is 18.9 Å². The monoisotopic (exact) mass is 500 g/mol. The molecular weight excluding hydrogens is 471 g/mol. The van der Waals surface area contributed by atoms with Gasteiger partial charge in [-0.2, -0.15) is 0 Å². The second kappa shape index (κ2) is 10.0. The van der Waals surface area contributed by atoms with Gasteiger partial charge in [-0.1, -0.05) is 26.0 Å². The van der Waals surface area contributed by atoms with Gasteiger partial charge in [0.2, 0.25) is 5.91 Å². The first-order valence-corrected chi connectivity index (χ1v) is 12.3. The molecule has 37 heavy (non-hydrogen) atoms. The van der Waals surface area contributed by atoms with Crippen LogP contribution in [0.3, 0.4) is 0 Å². The number of nitrogens with zero attached hydrogens (tertiary/aromatic N) is 5. The number of hydrogen-bond acceptors (Lipinski definition) is 4. The molecule has 0 aliphatic rings. The minimum absolute atomic E-state index is 0.137. The Kier molecular flexibility index (Phi) is 6.60. The number of amides is 1. The maximum atomic E-state index is 14.0. The molecule has 2 aromatic carbocycles. The fourth-order valence-corrected chi connectivity index (χ4v) is 4.60. The van der Waals surface area contributed by atoms with E-state index in [9.17, 15) is 14.0 Å². The molecule has 0 radical (unpaired) electrons. The number of halogens is 1. The molecule has 0 saturated carbocycles. The molecule has 0 aliphatic carbocycles. The van der Waals surface area contributed by atoms with Crippen LogP contribution < -0.4 is 11.0 Å². The van der Waals surface area contributed by atoms with E-state index in [1.165, 1.54) is 19.1 Å². The van der Waals surface area contributed by atoms with E-state index in [1.807, 2.05) is 30.3 Å². The zero-order valence-electron chi connectivity index (χ0n) is 21.1. The van der Waals surface area contributed by atoms with Crippen LogP contribution in [-0.2, 0) is 24.4 Å². The van der Waals surface area contributed by atoms with E-state index in [-0.39, 0.29) is 24.0 Å². The largest absolute Gasteiger partial charge is 0.329 e. The number of imidazole rings is 2. The molecule has 5 rings (SSSR count). The van der Waals surface area contributed by atoms with Gasteiger partial charge >= 0.3 is 5.69 Å². The number of hydrogen-bond donors (Lipinski definition) is 1. The van der Waals surface area contributed by atoms with Crippen LogP contribution in [0.2, 0.25) is 0 Å². The zero-order chi connectivity index (χ0) is 26.1. The smallest absolute Gasteiger partial charge is 0.326 e. The molecule has 3 heterocycles. The number of fused-ring (bicyclic) bond motifs is 2. The third kappa shape index (κ3) is 5.02. The van der Waals surface area contributed by atoms with E-state index in [4.69, 9.17) is 4.98 Å². The van der Waals surface area contributed by atoms with Crippen LogP contribution in [0.5, 0.6) is 0 Å². The summed E-state index contributed by atoms with van der Waals surface area (Å²) < 4.78 is 19.4. The average Bonchev–Trinajstić information content (AvgIpc) is 3.33. The number of pyridine rings is 1. The van der Waals surface area contributed by atoms with Crippen LogP contribution in [0.1, 0.15) is 38.6 Å². The van der Waals surface area contributed by atoms with Crippen molar-refractivity contribution in [1.29, 1.82) is 0 Å². The summed E-state index contributed by atoms with van der Waals surface area (Å²) in [6.07, 6.45) is 4.29. The summed E-state index contributed by atoms with van der Waals surface area (Å²) in [6, 6.07) is 13.9. The quantitative estimate of drug-likeness (QED) is 0.332. The molecule has 8 nitrogen and oxygen atoms in total.